The van der Waals surface area contributed by atoms with Gasteiger partial charge in [0.25, 0.3) is 5.91 Å². The van der Waals surface area contributed by atoms with Crippen LogP contribution in [0.2, 0.25) is 0 Å². The van der Waals surface area contributed by atoms with Crippen LogP contribution in [0.4, 0.5) is 0 Å². The van der Waals surface area contributed by atoms with E-state index in [1.807, 2.05) is 0 Å². The summed E-state index contributed by atoms with van der Waals surface area (Å²) in [5.41, 5.74) is 0.527. The standard InChI is InChI=1S/C16H18BrNO4/c17-12-7-5-11(6-8-12)16(21)18-10-9-15(20)22-14-4-2-1-3-13(14)19/h5-8,14H,1-4,9-10H2,(H,18,21)/t14-/m0/s1. The van der Waals surface area contributed by atoms with Gasteiger partial charge in [-0.1, -0.05) is 15.9 Å². The zero-order chi connectivity index (χ0) is 15.9. The Morgan fingerprint density at radius 2 is 1.95 bits per heavy atom. The van der Waals surface area contributed by atoms with Crippen LogP contribution in [0.15, 0.2) is 28.7 Å². The molecular formula is C16H18BrNO4. The van der Waals surface area contributed by atoms with E-state index in [2.05, 4.69) is 21.2 Å². The third-order valence-electron chi connectivity index (χ3n) is 3.49. The van der Waals surface area contributed by atoms with E-state index < -0.39 is 12.1 Å². The molecule has 1 aromatic rings. The molecule has 1 saturated carbocycles. The highest BCUT2D eigenvalue weighted by Gasteiger charge is 2.25. The molecule has 0 aromatic heterocycles. The molecule has 0 saturated heterocycles. The average Bonchev–Trinajstić information content (AvgIpc) is 2.50. The number of halogens is 1. The summed E-state index contributed by atoms with van der Waals surface area (Å²) in [6.07, 6.45) is 2.34. The number of ketones is 1. The van der Waals surface area contributed by atoms with Crippen LogP contribution in [0.25, 0.3) is 0 Å². The number of benzene rings is 1. The molecule has 1 aromatic carbocycles. The second-order valence-electron chi connectivity index (χ2n) is 5.20. The van der Waals surface area contributed by atoms with Crippen molar-refractivity contribution in [2.75, 3.05) is 6.54 Å². The van der Waals surface area contributed by atoms with Gasteiger partial charge >= 0.3 is 5.97 Å². The number of Topliss-reactive ketones (excluding diaryl/α,β-unsaturated/α-hetero) is 1. The topological polar surface area (TPSA) is 72.5 Å². The van der Waals surface area contributed by atoms with Crippen LogP contribution in [0.3, 0.4) is 0 Å². The summed E-state index contributed by atoms with van der Waals surface area (Å²) in [7, 11) is 0. The lowest BCUT2D eigenvalue weighted by Crippen LogP contribution is -2.32. The second-order valence-corrected chi connectivity index (χ2v) is 6.12. The minimum absolute atomic E-state index is 0.00139. The number of hydrogen-bond donors (Lipinski definition) is 1. The van der Waals surface area contributed by atoms with Crippen LogP contribution in [-0.4, -0.2) is 30.3 Å². The third kappa shape index (κ3) is 4.94. The molecule has 1 atom stereocenters. The van der Waals surface area contributed by atoms with Gasteiger partial charge < -0.3 is 10.1 Å². The zero-order valence-corrected chi connectivity index (χ0v) is 13.7. The van der Waals surface area contributed by atoms with Gasteiger partial charge in [0.05, 0.1) is 6.42 Å². The Bertz CT molecular complexity index is 556. The van der Waals surface area contributed by atoms with Gasteiger partial charge in [0.1, 0.15) is 0 Å². The minimum atomic E-state index is -0.594. The molecule has 0 unspecified atom stereocenters. The summed E-state index contributed by atoms with van der Waals surface area (Å²) < 4.78 is 6.05. The quantitative estimate of drug-likeness (QED) is 0.811. The van der Waals surface area contributed by atoms with E-state index in [4.69, 9.17) is 4.74 Å². The van der Waals surface area contributed by atoms with E-state index in [0.717, 1.165) is 17.3 Å². The van der Waals surface area contributed by atoms with Crippen LogP contribution < -0.4 is 5.32 Å². The molecule has 6 heteroatoms. The smallest absolute Gasteiger partial charge is 0.308 e. The monoisotopic (exact) mass is 367 g/mol. The van der Waals surface area contributed by atoms with Crippen molar-refractivity contribution in [3.05, 3.63) is 34.3 Å². The van der Waals surface area contributed by atoms with Crippen LogP contribution in [0, 0.1) is 0 Å². The largest absolute Gasteiger partial charge is 0.454 e. The zero-order valence-electron chi connectivity index (χ0n) is 12.1. The predicted molar refractivity (Wildman–Crippen MR) is 84.4 cm³/mol. The van der Waals surface area contributed by atoms with Gasteiger partial charge in [0, 0.05) is 23.0 Å². The van der Waals surface area contributed by atoms with Crippen molar-refractivity contribution >= 4 is 33.6 Å². The van der Waals surface area contributed by atoms with E-state index in [0.29, 0.717) is 18.4 Å². The Morgan fingerprint density at radius 1 is 1.23 bits per heavy atom. The van der Waals surface area contributed by atoms with E-state index in [1.165, 1.54) is 0 Å². The Kier molecular flexibility index (Phi) is 6.12. The summed E-state index contributed by atoms with van der Waals surface area (Å²) in [5.74, 6) is -0.691. The summed E-state index contributed by atoms with van der Waals surface area (Å²) in [6.45, 7) is 0.189. The average molecular weight is 368 g/mol. The fourth-order valence-electron chi connectivity index (χ4n) is 2.27. The predicted octanol–water partition coefficient (Wildman–Crippen LogP) is 2.62. The number of carbonyl (C=O) groups excluding carboxylic acids is 3. The van der Waals surface area contributed by atoms with Crippen LogP contribution in [0.5, 0.6) is 0 Å². The molecule has 1 aliphatic carbocycles. The molecule has 0 heterocycles. The summed E-state index contributed by atoms with van der Waals surface area (Å²) in [4.78, 5) is 35.1. The maximum atomic E-state index is 11.8. The van der Waals surface area contributed by atoms with E-state index >= 15 is 0 Å². The molecule has 0 aliphatic heterocycles. The normalized spacial score (nSPS) is 17.9. The van der Waals surface area contributed by atoms with Gasteiger partial charge in [-0.3, -0.25) is 14.4 Å². The highest BCUT2D eigenvalue weighted by molar-refractivity contribution is 9.10. The lowest BCUT2D eigenvalue weighted by atomic mass is 9.96. The van der Waals surface area contributed by atoms with Crippen LogP contribution >= 0.6 is 15.9 Å². The summed E-state index contributed by atoms with van der Waals surface area (Å²) in [6, 6.07) is 6.94. The summed E-state index contributed by atoms with van der Waals surface area (Å²) >= 11 is 3.30. The Morgan fingerprint density at radius 3 is 2.64 bits per heavy atom. The second kappa shape index (κ2) is 8.08. The number of nitrogens with one attached hydrogen (secondary N) is 1. The first kappa shape index (κ1) is 16.7. The van der Waals surface area contributed by atoms with Gasteiger partial charge in [-0.05, 0) is 43.5 Å². The molecule has 118 valence electrons. The highest BCUT2D eigenvalue weighted by Crippen LogP contribution is 2.17. The molecule has 5 nitrogen and oxygen atoms in total. The Labute approximate surface area is 137 Å². The molecule has 0 bridgehead atoms. The van der Waals surface area contributed by atoms with Crippen molar-refractivity contribution in [3.8, 4) is 0 Å². The molecule has 1 amide bonds. The molecule has 2 rings (SSSR count). The van der Waals surface area contributed by atoms with Gasteiger partial charge in [-0.15, -0.1) is 0 Å². The van der Waals surface area contributed by atoms with Crippen molar-refractivity contribution in [1.82, 2.24) is 5.32 Å². The molecular weight excluding hydrogens is 350 g/mol. The minimum Gasteiger partial charge on any atom is -0.454 e. The van der Waals surface area contributed by atoms with Crippen molar-refractivity contribution in [2.24, 2.45) is 0 Å². The van der Waals surface area contributed by atoms with Crippen molar-refractivity contribution in [1.29, 1.82) is 0 Å². The third-order valence-corrected chi connectivity index (χ3v) is 4.02. The van der Waals surface area contributed by atoms with Gasteiger partial charge in [-0.2, -0.15) is 0 Å². The first-order valence-electron chi connectivity index (χ1n) is 7.32. The maximum absolute atomic E-state index is 11.8. The molecule has 1 fully saturated rings. The maximum Gasteiger partial charge on any atom is 0.308 e. The van der Waals surface area contributed by atoms with E-state index in [-0.39, 0.29) is 24.7 Å². The summed E-state index contributed by atoms with van der Waals surface area (Å²) in [5, 5.41) is 2.66. The van der Waals surface area contributed by atoms with Crippen molar-refractivity contribution in [2.45, 2.75) is 38.2 Å². The SMILES string of the molecule is O=C(CCNC(=O)c1ccc(Br)cc1)O[C@H]1CCCCC1=O. The van der Waals surface area contributed by atoms with Crippen molar-refractivity contribution < 1.29 is 19.1 Å². The van der Waals surface area contributed by atoms with Gasteiger partial charge in [0.2, 0.25) is 0 Å². The molecule has 1 aliphatic rings. The lowest BCUT2D eigenvalue weighted by molar-refractivity contribution is -0.156. The number of carbonyl (C=O) groups is 3. The van der Waals surface area contributed by atoms with E-state index in [1.54, 1.807) is 24.3 Å². The number of hydrogen-bond acceptors (Lipinski definition) is 4. The van der Waals surface area contributed by atoms with Crippen molar-refractivity contribution in [3.63, 3.8) is 0 Å². The molecule has 22 heavy (non-hydrogen) atoms. The first-order chi connectivity index (χ1) is 10.6. The number of amides is 1. The van der Waals surface area contributed by atoms with Gasteiger partial charge in [-0.25, -0.2) is 0 Å². The van der Waals surface area contributed by atoms with Crippen LogP contribution in [0.1, 0.15) is 42.5 Å². The Balaban J connectivity index is 1.71. The molecule has 0 radical (unpaired) electrons. The molecule has 0 spiro atoms. The molecule has 1 N–H and O–H groups in total. The first-order valence-corrected chi connectivity index (χ1v) is 8.11. The lowest BCUT2D eigenvalue weighted by Gasteiger charge is -2.20. The van der Waals surface area contributed by atoms with E-state index in [9.17, 15) is 14.4 Å². The fraction of sp³-hybridized carbons (Fsp3) is 0.438. The number of ether oxygens (including phenoxy) is 1. The highest BCUT2D eigenvalue weighted by atomic mass is 79.9. The number of esters is 1. The fourth-order valence-corrected chi connectivity index (χ4v) is 2.54. The van der Waals surface area contributed by atoms with Crippen LogP contribution in [-0.2, 0) is 14.3 Å². The Hall–Kier alpha value is -1.69. The van der Waals surface area contributed by atoms with Gasteiger partial charge in [0.15, 0.2) is 11.9 Å². The number of rotatable bonds is 5.